The SMILES string of the molecule is C[N+](C)(CC[N+](C)(C)CC(=O)NCCC(F)(F)C(F)(F)C(F)(F)C(F)(F)C(F)(F)C(F)(F)F)CC(=O)NCCC(F)(F)C(F)(F)C(F)(F)C(F)(F)C(F)(F)C(F)(F)F. The number of rotatable bonds is 21. The first-order chi connectivity index (χ1) is 24.9. The van der Waals surface area contributed by atoms with Crippen LogP contribution in [-0.2, 0) is 9.59 Å². The van der Waals surface area contributed by atoms with Crippen molar-refractivity contribution in [2.75, 3.05) is 67.5 Å². The predicted octanol–water partition coefficient (Wildman–Crippen LogP) is 7.63. The van der Waals surface area contributed by atoms with Crippen LogP contribution in [0.4, 0.5) is 114 Å². The molecular weight excluding hydrogens is 894 g/mol. The van der Waals surface area contributed by atoms with Gasteiger partial charge in [-0.15, -0.1) is 0 Å². The number of nitrogens with one attached hydrogen (secondary N) is 2. The number of likely N-dealkylation sites (N-methyl/N-ethyl adjacent to an activating group) is 2. The number of halogens is 26. The lowest BCUT2D eigenvalue weighted by Crippen LogP contribution is -2.70. The molecule has 0 aliphatic heterocycles. The lowest BCUT2D eigenvalue weighted by Gasteiger charge is -2.39. The highest BCUT2D eigenvalue weighted by atomic mass is 19.4. The smallest absolute Gasteiger partial charge is 0.351 e. The number of alkyl halides is 26. The molecule has 0 bridgehead atoms. The monoisotopic (exact) mass is 924 g/mol. The zero-order valence-electron chi connectivity index (χ0n) is 29.2. The molecule has 0 unspecified atom stereocenters. The van der Waals surface area contributed by atoms with E-state index in [9.17, 15) is 124 Å². The molecule has 0 rings (SSSR count). The van der Waals surface area contributed by atoms with Crippen molar-refractivity contribution in [3.63, 3.8) is 0 Å². The van der Waals surface area contributed by atoms with E-state index in [1.807, 2.05) is 0 Å². The maximum Gasteiger partial charge on any atom is 0.460 e. The molecule has 6 nitrogen and oxygen atoms in total. The Hall–Kier alpha value is -2.96. The largest absolute Gasteiger partial charge is 0.460 e. The molecule has 0 saturated carbocycles. The molecule has 0 aliphatic rings. The van der Waals surface area contributed by atoms with Crippen LogP contribution in [0.25, 0.3) is 0 Å². The summed E-state index contributed by atoms with van der Waals surface area (Å²) in [6.07, 6.45) is -20.7. The average molecular weight is 925 g/mol. The summed E-state index contributed by atoms with van der Waals surface area (Å²) in [4.78, 5) is 24.3. The summed E-state index contributed by atoms with van der Waals surface area (Å²) in [6.45, 7) is -6.05. The van der Waals surface area contributed by atoms with Crippen molar-refractivity contribution in [3.05, 3.63) is 0 Å². The Labute approximate surface area is 308 Å². The highest BCUT2D eigenvalue weighted by molar-refractivity contribution is 5.77. The Kier molecular flexibility index (Phi) is 15.3. The molecule has 0 radical (unpaired) electrons. The average Bonchev–Trinajstić information content (AvgIpc) is 2.97. The van der Waals surface area contributed by atoms with Crippen molar-refractivity contribution in [1.29, 1.82) is 0 Å². The molecule has 0 saturated heterocycles. The van der Waals surface area contributed by atoms with E-state index in [-0.39, 0.29) is 13.1 Å². The molecule has 58 heavy (non-hydrogen) atoms. The molecule has 2 N–H and O–H groups in total. The van der Waals surface area contributed by atoms with Gasteiger partial charge in [0.1, 0.15) is 13.1 Å². The van der Waals surface area contributed by atoms with E-state index in [2.05, 4.69) is 0 Å². The van der Waals surface area contributed by atoms with Crippen LogP contribution in [0.5, 0.6) is 0 Å². The Bertz CT molecular complexity index is 1330. The van der Waals surface area contributed by atoms with Crippen molar-refractivity contribution in [3.8, 4) is 0 Å². The van der Waals surface area contributed by atoms with Gasteiger partial charge in [-0.25, -0.2) is 0 Å². The molecule has 0 heterocycles. The van der Waals surface area contributed by atoms with Crippen LogP contribution in [0.15, 0.2) is 0 Å². The number of quaternary nitrogens is 2. The summed E-state index contributed by atoms with van der Waals surface area (Å²) in [5, 5.41) is 2.86. The van der Waals surface area contributed by atoms with Gasteiger partial charge in [0.05, 0.1) is 28.2 Å². The summed E-state index contributed by atoms with van der Waals surface area (Å²) in [7, 11) is 4.55. The normalized spacial score (nSPS) is 15.8. The first kappa shape index (κ1) is 55.0. The van der Waals surface area contributed by atoms with Gasteiger partial charge in [0.25, 0.3) is 11.8 Å². The van der Waals surface area contributed by atoms with Crippen LogP contribution < -0.4 is 10.6 Å². The highest BCUT2D eigenvalue weighted by Gasteiger charge is 2.92. The summed E-state index contributed by atoms with van der Waals surface area (Å²) in [5.41, 5.74) is 0. The van der Waals surface area contributed by atoms with E-state index in [0.717, 1.165) is 28.2 Å². The van der Waals surface area contributed by atoms with E-state index in [4.69, 9.17) is 0 Å². The van der Waals surface area contributed by atoms with Crippen LogP contribution in [-0.4, -0.2) is 160 Å². The molecular formula is C26H30F26N4O2+2. The molecule has 0 aromatic heterocycles. The highest BCUT2D eigenvalue weighted by Crippen LogP contribution is 2.62. The molecule has 0 spiro atoms. The summed E-state index contributed by atoms with van der Waals surface area (Å²) < 4.78 is 343. The quantitative estimate of drug-likeness (QED) is 0.0921. The molecule has 0 fully saturated rings. The van der Waals surface area contributed by atoms with E-state index < -0.39 is 131 Å². The Morgan fingerprint density at radius 2 is 0.569 bits per heavy atom. The molecule has 346 valence electrons. The van der Waals surface area contributed by atoms with Crippen LogP contribution in [0.2, 0.25) is 0 Å². The Morgan fingerprint density at radius 1 is 0.362 bits per heavy atom. The summed E-state index contributed by atoms with van der Waals surface area (Å²) in [5.74, 6) is -79.2. The second-order valence-electron chi connectivity index (χ2n) is 13.8. The van der Waals surface area contributed by atoms with E-state index in [1.165, 1.54) is 10.6 Å². The number of nitrogens with zero attached hydrogens (tertiary/aromatic N) is 2. The van der Waals surface area contributed by atoms with Gasteiger partial charge in [0.15, 0.2) is 13.1 Å². The van der Waals surface area contributed by atoms with Crippen LogP contribution in [0.3, 0.4) is 0 Å². The summed E-state index contributed by atoms with van der Waals surface area (Å²) >= 11 is 0. The minimum Gasteiger partial charge on any atom is -0.351 e. The van der Waals surface area contributed by atoms with Gasteiger partial charge in [-0.1, -0.05) is 0 Å². The second kappa shape index (κ2) is 16.1. The molecule has 0 aromatic rings. The fourth-order valence-corrected chi connectivity index (χ4v) is 4.22. The van der Waals surface area contributed by atoms with Crippen molar-refractivity contribution in [2.24, 2.45) is 0 Å². The van der Waals surface area contributed by atoms with Crippen LogP contribution >= 0.6 is 0 Å². The maximum atomic E-state index is 13.9. The van der Waals surface area contributed by atoms with Gasteiger partial charge < -0.3 is 19.6 Å². The lowest BCUT2D eigenvalue weighted by atomic mass is 9.92. The van der Waals surface area contributed by atoms with Crippen LogP contribution in [0.1, 0.15) is 12.8 Å². The first-order valence-corrected chi connectivity index (χ1v) is 15.0. The van der Waals surface area contributed by atoms with E-state index in [1.54, 1.807) is 0 Å². The first-order valence-electron chi connectivity index (χ1n) is 15.0. The number of carbonyl (C=O) groups excluding carboxylic acids is 2. The summed E-state index contributed by atoms with van der Waals surface area (Å²) in [6, 6.07) is 0. The molecule has 0 atom stereocenters. The zero-order valence-corrected chi connectivity index (χ0v) is 29.2. The predicted molar refractivity (Wildman–Crippen MR) is 141 cm³/mol. The van der Waals surface area contributed by atoms with Crippen molar-refractivity contribution < 1.29 is 133 Å². The van der Waals surface area contributed by atoms with Crippen LogP contribution in [0, 0.1) is 0 Å². The molecule has 0 aliphatic carbocycles. The molecule has 32 heteroatoms. The fraction of sp³-hybridized carbons (Fsp3) is 0.923. The van der Waals surface area contributed by atoms with Gasteiger partial charge in [0, 0.05) is 25.9 Å². The Morgan fingerprint density at radius 3 is 0.776 bits per heavy atom. The minimum atomic E-state index is -8.13. The van der Waals surface area contributed by atoms with E-state index >= 15 is 0 Å². The third-order valence-electron chi connectivity index (χ3n) is 7.97. The van der Waals surface area contributed by atoms with Gasteiger partial charge in [-0.3, -0.25) is 9.59 Å². The molecule has 0 aromatic carbocycles. The van der Waals surface area contributed by atoms with Gasteiger partial charge >= 0.3 is 71.6 Å². The van der Waals surface area contributed by atoms with Crippen molar-refractivity contribution in [1.82, 2.24) is 10.6 Å². The van der Waals surface area contributed by atoms with Gasteiger partial charge in [-0.2, -0.15) is 114 Å². The van der Waals surface area contributed by atoms with Gasteiger partial charge in [-0.05, 0) is 0 Å². The second-order valence-corrected chi connectivity index (χ2v) is 13.8. The van der Waals surface area contributed by atoms with Crippen molar-refractivity contribution >= 4 is 11.8 Å². The van der Waals surface area contributed by atoms with Crippen molar-refractivity contribution in [2.45, 2.75) is 84.4 Å². The fourth-order valence-electron chi connectivity index (χ4n) is 4.22. The third kappa shape index (κ3) is 10.3. The standard InChI is InChI=1S/C26H28F26N4O2/c1-55(2,11-13(57)53-7-5-15(27,28)17(31,32)19(35,36)21(39,40)23(43,44)25(47,48)49)9-10-56(3,4)12-14(58)54-8-6-16(29,30)18(33,34)20(37,38)22(41,42)24(45,46)26(50,51)52/h5-12H2,1-4H3/p+2. The zero-order chi connectivity index (χ0) is 47.2. The Balaban J connectivity index is 5.42. The lowest BCUT2D eigenvalue weighted by molar-refractivity contribution is -0.938. The number of hydrogen-bond donors (Lipinski definition) is 2. The topological polar surface area (TPSA) is 58.2 Å². The van der Waals surface area contributed by atoms with E-state index in [0.29, 0.717) is 0 Å². The van der Waals surface area contributed by atoms with Gasteiger partial charge in [0.2, 0.25) is 0 Å². The maximum absolute atomic E-state index is 13.9. The number of carbonyl (C=O) groups is 2. The third-order valence-corrected chi connectivity index (χ3v) is 7.97. The number of hydrogen-bond acceptors (Lipinski definition) is 2. The number of amides is 2. The molecule has 2 amide bonds. The minimum absolute atomic E-state index is 0.327.